The number of carbonyl (C=O) groups excluding carboxylic acids is 1. The molecule has 11 heteroatoms. The third kappa shape index (κ3) is 10.4. The van der Waals surface area contributed by atoms with Crippen LogP contribution in [-0.4, -0.2) is 47.7 Å². The minimum atomic E-state index is -4.06. The molecule has 2 aromatic heterocycles. The third-order valence-electron chi connectivity index (χ3n) is 6.58. The van der Waals surface area contributed by atoms with E-state index in [1.165, 1.54) is 23.9 Å². The zero-order valence-electron chi connectivity index (χ0n) is 25.7. The lowest BCUT2D eigenvalue weighted by atomic mass is 9.81. The van der Waals surface area contributed by atoms with E-state index in [0.717, 1.165) is 29.7 Å². The number of aromatic nitrogens is 2. The fourth-order valence-electron chi connectivity index (χ4n) is 4.78. The van der Waals surface area contributed by atoms with Gasteiger partial charge in [0.05, 0.1) is 11.7 Å². The minimum absolute atomic E-state index is 0.0182. The van der Waals surface area contributed by atoms with Gasteiger partial charge in [-0.25, -0.2) is 27.9 Å². The highest BCUT2D eigenvalue weighted by Crippen LogP contribution is 2.28. The van der Waals surface area contributed by atoms with Gasteiger partial charge >= 0.3 is 12.1 Å². The quantitative estimate of drug-likeness (QED) is 0.243. The third-order valence-corrected chi connectivity index (χ3v) is 7.97. The van der Waals surface area contributed by atoms with Gasteiger partial charge in [0, 0.05) is 6.20 Å². The lowest BCUT2D eigenvalue weighted by Crippen LogP contribution is -2.40. The Bertz CT molecular complexity index is 1490. The summed E-state index contributed by atoms with van der Waals surface area (Å²) in [7, 11) is -4.06. The van der Waals surface area contributed by atoms with E-state index in [4.69, 9.17) is 4.74 Å². The summed E-state index contributed by atoms with van der Waals surface area (Å²) >= 11 is 0. The van der Waals surface area contributed by atoms with Gasteiger partial charge in [0.25, 0.3) is 10.0 Å². The van der Waals surface area contributed by atoms with Crippen LogP contribution in [0.3, 0.4) is 0 Å². The molecule has 0 saturated heterocycles. The number of carboxylic acid groups (broad SMARTS) is 1. The Morgan fingerprint density at radius 3 is 2.23 bits per heavy atom. The van der Waals surface area contributed by atoms with Gasteiger partial charge in [-0.05, 0) is 80.8 Å². The highest BCUT2D eigenvalue weighted by atomic mass is 32.2. The number of anilines is 1. The summed E-state index contributed by atoms with van der Waals surface area (Å²) in [4.78, 5) is 34.0. The summed E-state index contributed by atoms with van der Waals surface area (Å²) in [6.45, 7) is 11.0. The Kier molecular flexibility index (Phi) is 11.0. The Labute approximate surface area is 254 Å². The maximum atomic E-state index is 13.3. The number of amides is 1. The van der Waals surface area contributed by atoms with E-state index in [0.29, 0.717) is 5.69 Å². The molecule has 1 unspecified atom stereocenters. The normalized spacial score (nSPS) is 12.9. The van der Waals surface area contributed by atoms with Crippen molar-refractivity contribution in [2.75, 3.05) is 11.4 Å². The molecular weight excluding hydrogens is 568 g/mol. The highest BCUT2D eigenvalue weighted by Gasteiger charge is 2.29. The number of nitrogens with one attached hydrogen (secondary N) is 1. The molecule has 0 aliphatic rings. The van der Waals surface area contributed by atoms with E-state index in [9.17, 15) is 23.1 Å². The van der Waals surface area contributed by atoms with Crippen molar-refractivity contribution < 1.29 is 27.9 Å². The number of rotatable bonds is 13. The molecule has 1 amide bonds. The van der Waals surface area contributed by atoms with Crippen LogP contribution in [0.4, 0.5) is 10.6 Å². The molecule has 0 aliphatic heterocycles. The lowest BCUT2D eigenvalue weighted by Gasteiger charge is -2.26. The molecule has 1 atom stereocenters. The van der Waals surface area contributed by atoms with Gasteiger partial charge < -0.3 is 9.84 Å². The Hall–Kier alpha value is -3.83. The van der Waals surface area contributed by atoms with Crippen molar-refractivity contribution in [1.82, 2.24) is 14.7 Å². The summed E-state index contributed by atoms with van der Waals surface area (Å²) < 4.78 is 34.8. The monoisotopic (exact) mass is 610 g/mol. The zero-order chi connectivity index (χ0) is 31.8. The van der Waals surface area contributed by atoms with Gasteiger partial charge in [-0.1, -0.05) is 63.6 Å². The standard InChI is InChI=1S/C32H42N4O6S/c1-7-18-32(5,6)21-24-16-14-23(15-17-24)20-26(35-43(40,41)28-13-8-9-19-33-28)25-11-10-12-27(34-25)36(22-29(37)38)30(39)42-31(2,3)4/h8-17,19,26,35H,7,18,20-22H2,1-6H3,(H,37,38). The summed E-state index contributed by atoms with van der Waals surface area (Å²) in [5, 5.41) is 9.34. The molecule has 232 valence electrons. The fourth-order valence-corrected chi connectivity index (χ4v) is 5.94. The SMILES string of the molecule is CCCC(C)(C)Cc1ccc(CC(NS(=O)(=O)c2ccccn2)c2cccc(N(CC(=O)O)C(=O)OC(C)(C)C)n2)cc1. The van der Waals surface area contributed by atoms with Crippen molar-refractivity contribution >= 4 is 27.9 Å². The zero-order valence-corrected chi connectivity index (χ0v) is 26.5. The highest BCUT2D eigenvalue weighted by molar-refractivity contribution is 7.89. The Balaban J connectivity index is 1.99. The van der Waals surface area contributed by atoms with Crippen molar-refractivity contribution in [3.05, 3.63) is 83.7 Å². The van der Waals surface area contributed by atoms with Crippen molar-refractivity contribution in [2.45, 2.75) is 83.9 Å². The number of pyridine rings is 2. The lowest BCUT2D eigenvalue weighted by molar-refractivity contribution is -0.135. The molecule has 3 aromatic rings. The van der Waals surface area contributed by atoms with Crippen LogP contribution in [0.2, 0.25) is 0 Å². The van der Waals surface area contributed by atoms with Crippen LogP contribution >= 0.6 is 0 Å². The van der Waals surface area contributed by atoms with Gasteiger partial charge in [0.2, 0.25) is 0 Å². The van der Waals surface area contributed by atoms with Crippen LogP contribution < -0.4 is 9.62 Å². The number of carboxylic acids is 1. The second-order valence-electron chi connectivity index (χ2n) is 12.3. The number of carbonyl (C=O) groups is 2. The van der Waals surface area contributed by atoms with Crippen LogP contribution in [0.5, 0.6) is 0 Å². The van der Waals surface area contributed by atoms with Crippen LogP contribution in [0.1, 0.15) is 77.2 Å². The fraction of sp³-hybridized carbons (Fsp3) is 0.438. The van der Waals surface area contributed by atoms with Crippen molar-refractivity contribution in [3.8, 4) is 0 Å². The largest absolute Gasteiger partial charge is 0.480 e. The summed E-state index contributed by atoms with van der Waals surface area (Å²) in [6, 6.07) is 16.5. The Morgan fingerprint density at radius 1 is 0.977 bits per heavy atom. The molecule has 1 aromatic carbocycles. The van der Waals surface area contributed by atoms with Gasteiger partial charge in [-0.15, -0.1) is 0 Å². The molecule has 0 bridgehead atoms. The average molecular weight is 611 g/mol. The summed E-state index contributed by atoms with van der Waals surface area (Å²) in [5.41, 5.74) is 1.65. The molecule has 3 rings (SSSR count). The molecule has 0 fully saturated rings. The van der Waals surface area contributed by atoms with E-state index in [1.807, 2.05) is 12.1 Å². The molecule has 10 nitrogen and oxygen atoms in total. The molecular formula is C32H42N4O6S. The second kappa shape index (κ2) is 14.1. The molecule has 0 saturated carbocycles. The minimum Gasteiger partial charge on any atom is -0.480 e. The van der Waals surface area contributed by atoms with Crippen molar-refractivity contribution in [3.63, 3.8) is 0 Å². The summed E-state index contributed by atoms with van der Waals surface area (Å²) in [6.07, 6.45) is 3.89. The first-order valence-electron chi connectivity index (χ1n) is 14.3. The predicted molar refractivity (Wildman–Crippen MR) is 165 cm³/mol. The number of ether oxygens (including phenoxy) is 1. The Morgan fingerprint density at radius 2 is 1.65 bits per heavy atom. The van der Waals surface area contributed by atoms with E-state index in [-0.39, 0.29) is 22.7 Å². The molecule has 43 heavy (non-hydrogen) atoms. The topological polar surface area (TPSA) is 139 Å². The molecule has 0 spiro atoms. The number of hydrogen-bond acceptors (Lipinski definition) is 7. The molecule has 0 radical (unpaired) electrons. The number of hydrogen-bond donors (Lipinski definition) is 2. The van der Waals surface area contributed by atoms with Crippen molar-refractivity contribution in [1.29, 1.82) is 0 Å². The van der Waals surface area contributed by atoms with Crippen LogP contribution in [-0.2, 0) is 32.4 Å². The maximum Gasteiger partial charge on any atom is 0.416 e. The predicted octanol–water partition coefficient (Wildman–Crippen LogP) is 5.93. The first-order valence-corrected chi connectivity index (χ1v) is 15.8. The first-order chi connectivity index (χ1) is 20.1. The van der Waals surface area contributed by atoms with Gasteiger partial charge in [-0.2, -0.15) is 0 Å². The van der Waals surface area contributed by atoms with Gasteiger partial charge in [0.1, 0.15) is 18.0 Å². The van der Waals surface area contributed by atoms with Gasteiger partial charge in [-0.3, -0.25) is 9.69 Å². The molecule has 2 N–H and O–H groups in total. The van der Waals surface area contributed by atoms with Crippen LogP contribution in [0.15, 0.2) is 71.9 Å². The molecule has 2 heterocycles. The maximum absolute atomic E-state index is 13.3. The van der Waals surface area contributed by atoms with E-state index in [1.54, 1.807) is 45.0 Å². The smallest absolute Gasteiger partial charge is 0.416 e. The van der Waals surface area contributed by atoms with Crippen molar-refractivity contribution in [2.24, 2.45) is 5.41 Å². The van der Waals surface area contributed by atoms with E-state index in [2.05, 4.69) is 47.6 Å². The van der Waals surface area contributed by atoms with E-state index >= 15 is 0 Å². The van der Waals surface area contributed by atoms with Crippen LogP contribution in [0.25, 0.3) is 0 Å². The number of aliphatic carboxylic acids is 1. The number of nitrogens with zero attached hydrogens (tertiary/aromatic N) is 3. The molecule has 0 aliphatic carbocycles. The number of sulfonamides is 1. The van der Waals surface area contributed by atoms with Gasteiger partial charge in [0.15, 0.2) is 5.03 Å². The second-order valence-corrected chi connectivity index (χ2v) is 14.0. The number of benzene rings is 1. The van der Waals surface area contributed by atoms with E-state index < -0.39 is 40.3 Å². The van der Waals surface area contributed by atoms with Crippen LogP contribution in [0, 0.1) is 5.41 Å². The first kappa shape index (κ1) is 33.7. The summed E-state index contributed by atoms with van der Waals surface area (Å²) in [5.74, 6) is -1.24. The average Bonchev–Trinajstić information content (AvgIpc) is 2.91.